The van der Waals surface area contributed by atoms with Crippen LogP contribution < -0.4 is 5.73 Å². The second-order valence-corrected chi connectivity index (χ2v) is 5.93. The number of hydrogen-bond donors (Lipinski definition) is 1. The van der Waals surface area contributed by atoms with E-state index in [-0.39, 0.29) is 11.9 Å². The molecule has 1 atom stereocenters. The summed E-state index contributed by atoms with van der Waals surface area (Å²) in [5, 5.41) is 0. The van der Waals surface area contributed by atoms with Gasteiger partial charge in [0.1, 0.15) is 0 Å². The number of unbranched alkanes of at least 4 members (excludes halogenated alkanes) is 1. The van der Waals surface area contributed by atoms with Crippen LogP contribution in [0.25, 0.3) is 0 Å². The molecule has 1 aliphatic rings. The normalized spacial score (nSPS) is 19.1. The Morgan fingerprint density at radius 1 is 1.30 bits per heavy atom. The summed E-state index contributed by atoms with van der Waals surface area (Å²) in [5.74, 6) is 0.282. The van der Waals surface area contributed by atoms with Crippen LogP contribution >= 0.6 is 0 Å². The summed E-state index contributed by atoms with van der Waals surface area (Å²) in [6.45, 7) is 3.74. The maximum absolute atomic E-state index is 12.1. The van der Waals surface area contributed by atoms with E-state index in [1.54, 1.807) is 0 Å². The molecule has 1 unspecified atom stereocenters. The number of hydrogen-bond acceptors (Lipinski definition) is 2. The van der Waals surface area contributed by atoms with E-state index in [1.807, 2.05) is 4.90 Å². The summed E-state index contributed by atoms with van der Waals surface area (Å²) >= 11 is 0. The average molecular weight is 274 g/mol. The highest BCUT2D eigenvalue weighted by Crippen LogP contribution is 2.12. The van der Waals surface area contributed by atoms with E-state index >= 15 is 0 Å². The third kappa shape index (κ3) is 4.64. The number of likely N-dealkylation sites (tertiary alicyclic amines) is 1. The van der Waals surface area contributed by atoms with E-state index in [0.717, 1.165) is 45.2 Å². The van der Waals surface area contributed by atoms with Gasteiger partial charge in [0.2, 0.25) is 5.91 Å². The molecule has 1 heterocycles. The highest BCUT2D eigenvalue weighted by molar-refractivity contribution is 5.76. The lowest BCUT2D eigenvalue weighted by Gasteiger charge is -2.30. The molecule has 1 aromatic rings. The summed E-state index contributed by atoms with van der Waals surface area (Å²) in [6.07, 6.45) is 5.88. The largest absolute Gasteiger partial charge is 0.341 e. The van der Waals surface area contributed by atoms with Gasteiger partial charge in [-0.3, -0.25) is 4.79 Å². The molecule has 2 rings (SSSR count). The first kappa shape index (κ1) is 15.0. The van der Waals surface area contributed by atoms with E-state index in [1.165, 1.54) is 11.1 Å². The molecule has 0 saturated carbocycles. The lowest BCUT2D eigenvalue weighted by molar-refractivity contribution is -0.132. The second kappa shape index (κ2) is 7.44. The zero-order valence-corrected chi connectivity index (χ0v) is 12.5. The van der Waals surface area contributed by atoms with Crippen molar-refractivity contribution in [2.75, 3.05) is 13.1 Å². The molecular weight excluding hydrogens is 248 g/mol. The SMILES string of the molecule is Cc1ccc(CCCCC(=O)N2CCCC(N)C2)cc1. The zero-order chi connectivity index (χ0) is 14.4. The number of rotatable bonds is 5. The third-order valence-electron chi connectivity index (χ3n) is 4.04. The van der Waals surface area contributed by atoms with Crippen molar-refractivity contribution >= 4 is 5.91 Å². The quantitative estimate of drug-likeness (QED) is 0.839. The highest BCUT2D eigenvalue weighted by atomic mass is 16.2. The molecule has 20 heavy (non-hydrogen) atoms. The van der Waals surface area contributed by atoms with Crippen LogP contribution in [0, 0.1) is 6.92 Å². The predicted octanol–water partition coefficient (Wildman–Crippen LogP) is 2.66. The number of nitrogens with zero attached hydrogens (tertiary/aromatic N) is 1. The fourth-order valence-electron chi connectivity index (χ4n) is 2.75. The van der Waals surface area contributed by atoms with Gasteiger partial charge >= 0.3 is 0 Å². The molecule has 1 fully saturated rings. The topological polar surface area (TPSA) is 46.3 Å². The van der Waals surface area contributed by atoms with E-state index < -0.39 is 0 Å². The van der Waals surface area contributed by atoms with Crippen molar-refractivity contribution in [1.82, 2.24) is 4.90 Å². The van der Waals surface area contributed by atoms with Crippen molar-refractivity contribution in [2.24, 2.45) is 5.73 Å². The van der Waals surface area contributed by atoms with Gasteiger partial charge in [0, 0.05) is 25.6 Å². The van der Waals surface area contributed by atoms with Crippen LogP contribution in [0.5, 0.6) is 0 Å². The van der Waals surface area contributed by atoms with Gasteiger partial charge in [-0.15, -0.1) is 0 Å². The number of carbonyl (C=O) groups is 1. The van der Waals surface area contributed by atoms with Crippen molar-refractivity contribution in [2.45, 2.75) is 51.5 Å². The Hall–Kier alpha value is -1.35. The molecule has 3 heteroatoms. The summed E-state index contributed by atoms with van der Waals surface area (Å²) in [7, 11) is 0. The Morgan fingerprint density at radius 2 is 2.05 bits per heavy atom. The van der Waals surface area contributed by atoms with E-state index in [9.17, 15) is 4.79 Å². The highest BCUT2D eigenvalue weighted by Gasteiger charge is 2.20. The fraction of sp³-hybridized carbons (Fsp3) is 0.588. The maximum Gasteiger partial charge on any atom is 0.222 e. The molecule has 1 aromatic carbocycles. The standard InChI is InChI=1S/C17H26N2O/c1-14-8-10-15(11-9-14)5-2-3-7-17(20)19-12-4-6-16(18)13-19/h8-11,16H,2-7,12-13,18H2,1H3. The lowest BCUT2D eigenvalue weighted by atomic mass is 10.0. The Kier molecular flexibility index (Phi) is 5.60. The molecule has 0 spiro atoms. The first-order valence-electron chi connectivity index (χ1n) is 7.74. The van der Waals surface area contributed by atoms with Crippen LogP contribution in [0.15, 0.2) is 24.3 Å². The molecule has 1 amide bonds. The van der Waals surface area contributed by atoms with Crippen molar-refractivity contribution in [3.63, 3.8) is 0 Å². The Labute approximate surface area is 122 Å². The second-order valence-electron chi connectivity index (χ2n) is 5.93. The first-order valence-corrected chi connectivity index (χ1v) is 7.74. The number of aryl methyl sites for hydroxylation is 2. The van der Waals surface area contributed by atoms with Crippen LogP contribution in [-0.2, 0) is 11.2 Å². The monoisotopic (exact) mass is 274 g/mol. The molecule has 3 nitrogen and oxygen atoms in total. The van der Waals surface area contributed by atoms with Crippen LogP contribution in [-0.4, -0.2) is 29.9 Å². The summed E-state index contributed by atoms with van der Waals surface area (Å²) in [6, 6.07) is 8.84. The number of nitrogens with two attached hydrogens (primary N) is 1. The van der Waals surface area contributed by atoms with Gasteiger partial charge in [0.15, 0.2) is 0 Å². The Bertz CT molecular complexity index is 427. The van der Waals surface area contributed by atoms with Gasteiger partial charge in [0.25, 0.3) is 0 Å². The number of carbonyl (C=O) groups excluding carboxylic acids is 1. The van der Waals surface area contributed by atoms with E-state index in [2.05, 4.69) is 31.2 Å². The molecule has 0 bridgehead atoms. The number of amides is 1. The van der Waals surface area contributed by atoms with Crippen molar-refractivity contribution < 1.29 is 4.79 Å². The molecule has 0 aromatic heterocycles. The van der Waals surface area contributed by atoms with Crippen LogP contribution in [0.4, 0.5) is 0 Å². The maximum atomic E-state index is 12.1. The van der Waals surface area contributed by atoms with Crippen molar-refractivity contribution in [3.05, 3.63) is 35.4 Å². The molecule has 1 saturated heterocycles. The van der Waals surface area contributed by atoms with Gasteiger partial charge in [-0.25, -0.2) is 0 Å². The van der Waals surface area contributed by atoms with E-state index in [4.69, 9.17) is 5.73 Å². The fourth-order valence-corrected chi connectivity index (χ4v) is 2.75. The summed E-state index contributed by atoms with van der Waals surface area (Å²) < 4.78 is 0. The molecule has 0 aliphatic carbocycles. The minimum Gasteiger partial charge on any atom is -0.341 e. The Morgan fingerprint density at radius 3 is 2.75 bits per heavy atom. The Balaban J connectivity index is 1.65. The number of piperidine rings is 1. The van der Waals surface area contributed by atoms with Gasteiger partial charge in [-0.2, -0.15) is 0 Å². The number of benzene rings is 1. The smallest absolute Gasteiger partial charge is 0.222 e. The van der Waals surface area contributed by atoms with Gasteiger partial charge in [0.05, 0.1) is 0 Å². The van der Waals surface area contributed by atoms with Gasteiger partial charge in [-0.05, 0) is 44.6 Å². The molecule has 2 N–H and O–H groups in total. The summed E-state index contributed by atoms with van der Waals surface area (Å²) in [4.78, 5) is 14.0. The molecule has 1 aliphatic heterocycles. The summed E-state index contributed by atoms with van der Waals surface area (Å²) in [5.41, 5.74) is 8.57. The van der Waals surface area contributed by atoms with Gasteiger partial charge in [-0.1, -0.05) is 29.8 Å². The zero-order valence-electron chi connectivity index (χ0n) is 12.5. The van der Waals surface area contributed by atoms with E-state index in [0.29, 0.717) is 6.42 Å². The predicted molar refractivity (Wildman–Crippen MR) is 82.5 cm³/mol. The van der Waals surface area contributed by atoms with Gasteiger partial charge < -0.3 is 10.6 Å². The van der Waals surface area contributed by atoms with Crippen LogP contribution in [0.2, 0.25) is 0 Å². The minimum absolute atomic E-state index is 0.181. The molecular formula is C17H26N2O. The minimum atomic E-state index is 0.181. The first-order chi connectivity index (χ1) is 9.65. The lowest BCUT2D eigenvalue weighted by Crippen LogP contribution is -2.45. The molecule has 110 valence electrons. The van der Waals surface area contributed by atoms with Crippen molar-refractivity contribution in [1.29, 1.82) is 0 Å². The van der Waals surface area contributed by atoms with Crippen molar-refractivity contribution in [3.8, 4) is 0 Å². The third-order valence-corrected chi connectivity index (χ3v) is 4.04. The molecule has 0 radical (unpaired) electrons. The van der Waals surface area contributed by atoms with Crippen LogP contribution in [0.1, 0.15) is 43.2 Å². The van der Waals surface area contributed by atoms with Crippen LogP contribution in [0.3, 0.4) is 0 Å². The average Bonchev–Trinajstić information content (AvgIpc) is 2.45.